The molecule has 0 saturated heterocycles. The SMILES string of the molecule is CC(Nc1ccc(C(=O)NCCO)cc1)C1CCCCC1. The maximum absolute atomic E-state index is 11.7. The summed E-state index contributed by atoms with van der Waals surface area (Å²) in [4.78, 5) is 11.7. The van der Waals surface area contributed by atoms with E-state index in [-0.39, 0.29) is 19.1 Å². The van der Waals surface area contributed by atoms with Crippen LogP contribution in [0, 0.1) is 5.92 Å². The molecule has 0 heterocycles. The van der Waals surface area contributed by atoms with E-state index in [1.165, 1.54) is 32.1 Å². The Bertz CT molecular complexity index is 439. The lowest BCUT2D eigenvalue weighted by molar-refractivity contribution is 0.0945. The second-order valence-corrected chi connectivity index (χ2v) is 5.89. The smallest absolute Gasteiger partial charge is 0.251 e. The predicted molar refractivity (Wildman–Crippen MR) is 85.5 cm³/mol. The van der Waals surface area contributed by atoms with Gasteiger partial charge in [-0.05, 0) is 49.9 Å². The maximum Gasteiger partial charge on any atom is 0.251 e. The van der Waals surface area contributed by atoms with Crippen LogP contribution >= 0.6 is 0 Å². The molecule has 0 spiro atoms. The molecule has 1 atom stereocenters. The second kappa shape index (κ2) is 8.03. The van der Waals surface area contributed by atoms with Crippen molar-refractivity contribution in [3.8, 4) is 0 Å². The minimum absolute atomic E-state index is 0.0374. The molecule has 1 fully saturated rings. The van der Waals surface area contributed by atoms with E-state index in [0.29, 0.717) is 11.6 Å². The molecule has 1 aliphatic rings. The lowest BCUT2D eigenvalue weighted by Crippen LogP contribution is -2.28. The van der Waals surface area contributed by atoms with Crippen LogP contribution in [-0.2, 0) is 0 Å². The summed E-state index contributed by atoms with van der Waals surface area (Å²) in [6, 6.07) is 8.02. The van der Waals surface area contributed by atoms with E-state index in [0.717, 1.165) is 11.6 Å². The van der Waals surface area contributed by atoms with Crippen LogP contribution in [0.3, 0.4) is 0 Å². The number of nitrogens with one attached hydrogen (secondary N) is 2. The highest BCUT2D eigenvalue weighted by molar-refractivity contribution is 5.94. The van der Waals surface area contributed by atoms with Crippen LogP contribution in [0.1, 0.15) is 49.4 Å². The molecular weight excluding hydrogens is 264 g/mol. The van der Waals surface area contributed by atoms with E-state index < -0.39 is 0 Å². The van der Waals surface area contributed by atoms with Gasteiger partial charge in [-0.2, -0.15) is 0 Å². The topological polar surface area (TPSA) is 61.4 Å². The average molecular weight is 290 g/mol. The highest BCUT2D eigenvalue weighted by Gasteiger charge is 2.19. The van der Waals surface area contributed by atoms with Crippen molar-refractivity contribution in [2.75, 3.05) is 18.5 Å². The van der Waals surface area contributed by atoms with Gasteiger partial charge in [-0.3, -0.25) is 4.79 Å². The highest BCUT2D eigenvalue weighted by atomic mass is 16.3. The zero-order valence-corrected chi connectivity index (χ0v) is 12.8. The Morgan fingerprint density at radius 1 is 1.24 bits per heavy atom. The summed E-state index contributed by atoms with van der Waals surface area (Å²) in [5.74, 6) is 0.613. The molecule has 1 saturated carbocycles. The van der Waals surface area contributed by atoms with Gasteiger partial charge in [0.1, 0.15) is 0 Å². The maximum atomic E-state index is 11.7. The summed E-state index contributed by atoms with van der Waals surface area (Å²) in [6.07, 6.45) is 6.70. The third kappa shape index (κ3) is 4.74. The molecule has 1 aromatic rings. The molecule has 0 bridgehead atoms. The van der Waals surface area contributed by atoms with Gasteiger partial charge in [-0.1, -0.05) is 19.3 Å². The van der Waals surface area contributed by atoms with Gasteiger partial charge in [0.15, 0.2) is 0 Å². The van der Waals surface area contributed by atoms with Crippen LogP contribution in [0.5, 0.6) is 0 Å². The lowest BCUT2D eigenvalue weighted by atomic mass is 9.84. The summed E-state index contributed by atoms with van der Waals surface area (Å²) in [7, 11) is 0. The number of carbonyl (C=O) groups excluding carboxylic acids is 1. The fraction of sp³-hybridized carbons (Fsp3) is 0.588. The quantitative estimate of drug-likeness (QED) is 0.755. The molecule has 3 N–H and O–H groups in total. The number of amides is 1. The number of carbonyl (C=O) groups is 1. The van der Waals surface area contributed by atoms with E-state index in [1.54, 1.807) is 0 Å². The Hall–Kier alpha value is -1.55. The molecule has 2 rings (SSSR count). The van der Waals surface area contributed by atoms with Gasteiger partial charge in [0, 0.05) is 23.8 Å². The highest BCUT2D eigenvalue weighted by Crippen LogP contribution is 2.28. The number of aliphatic hydroxyl groups excluding tert-OH is 1. The third-order valence-corrected chi connectivity index (χ3v) is 4.30. The van der Waals surface area contributed by atoms with E-state index in [4.69, 9.17) is 5.11 Å². The van der Waals surface area contributed by atoms with Gasteiger partial charge >= 0.3 is 0 Å². The van der Waals surface area contributed by atoms with Gasteiger partial charge in [0.25, 0.3) is 5.91 Å². The molecule has 0 radical (unpaired) electrons. The number of hydrogen-bond donors (Lipinski definition) is 3. The van der Waals surface area contributed by atoms with Crippen LogP contribution < -0.4 is 10.6 Å². The summed E-state index contributed by atoms with van der Waals surface area (Å²) in [5, 5.41) is 14.9. The Morgan fingerprint density at radius 2 is 1.90 bits per heavy atom. The first-order valence-corrected chi connectivity index (χ1v) is 7.96. The standard InChI is InChI=1S/C17H26N2O2/c1-13(14-5-3-2-4-6-14)19-16-9-7-15(8-10-16)17(21)18-11-12-20/h7-10,13-14,19-20H,2-6,11-12H2,1H3,(H,18,21). The first kappa shape index (κ1) is 15.8. The molecule has 1 aromatic carbocycles. The molecule has 4 nitrogen and oxygen atoms in total. The third-order valence-electron chi connectivity index (χ3n) is 4.30. The Labute approximate surface area is 126 Å². The summed E-state index contributed by atoms with van der Waals surface area (Å²) >= 11 is 0. The molecule has 21 heavy (non-hydrogen) atoms. The molecule has 116 valence electrons. The fourth-order valence-corrected chi connectivity index (χ4v) is 3.00. The average Bonchev–Trinajstić information content (AvgIpc) is 2.54. The van der Waals surface area contributed by atoms with Crippen molar-refractivity contribution in [2.45, 2.75) is 45.1 Å². The number of anilines is 1. The van der Waals surface area contributed by atoms with Crippen LogP contribution in [0.15, 0.2) is 24.3 Å². The molecule has 0 aliphatic heterocycles. The van der Waals surface area contributed by atoms with E-state index in [9.17, 15) is 4.79 Å². The summed E-state index contributed by atoms with van der Waals surface area (Å²) in [5.41, 5.74) is 1.69. The van der Waals surface area contributed by atoms with Gasteiger partial charge < -0.3 is 15.7 Å². The van der Waals surface area contributed by atoms with Gasteiger partial charge in [-0.15, -0.1) is 0 Å². The fourth-order valence-electron chi connectivity index (χ4n) is 3.00. The molecule has 0 aromatic heterocycles. The molecule has 1 aliphatic carbocycles. The Kier molecular flexibility index (Phi) is 6.05. The van der Waals surface area contributed by atoms with Crippen LogP contribution in [0.2, 0.25) is 0 Å². The number of hydrogen-bond acceptors (Lipinski definition) is 3. The van der Waals surface area contributed by atoms with Gasteiger partial charge in [-0.25, -0.2) is 0 Å². The molecule has 4 heteroatoms. The van der Waals surface area contributed by atoms with Crippen molar-refractivity contribution in [3.63, 3.8) is 0 Å². The van der Waals surface area contributed by atoms with Crippen LogP contribution in [0.4, 0.5) is 5.69 Å². The molecule has 1 unspecified atom stereocenters. The molecule has 1 amide bonds. The van der Waals surface area contributed by atoms with Crippen molar-refractivity contribution in [1.29, 1.82) is 0 Å². The van der Waals surface area contributed by atoms with E-state index in [2.05, 4.69) is 17.6 Å². The number of benzene rings is 1. The monoisotopic (exact) mass is 290 g/mol. The predicted octanol–water partition coefficient (Wildman–Crippen LogP) is 2.79. The number of aliphatic hydroxyl groups is 1. The minimum atomic E-state index is -0.143. The van der Waals surface area contributed by atoms with Crippen molar-refractivity contribution < 1.29 is 9.90 Å². The Balaban J connectivity index is 1.88. The van der Waals surface area contributed by atoms with E-state index >= 15 is 0 Å². The first-order valence-electron chi connectivity index (χ1n) is 7.96. The van der Waals surface area contributed by atoms with E-state index in [1.807, 2.05) is 24.3 Å². The van der Waals surface area contributed by atoms with Crippen LogP contribution in [0.25, 0.3) is 0 Å². The summed E-state index contributed by atoms with van der Waals surface area (Å²) < 4.78 is 0. The zero-order chi connectivity index (χ0) is 15.1. The zero-order valence-electron chi connectivity index (χ0n) is 12.8. The van der Waals surface area contributed by atoms with Gasteiger partial charge in [0.05, 0.1) is 6.61 Å². The largest absolute Gasteiger partial charge is 0.395 e. The van der Waals surface area contributed by atoms with Crippen molar-refractivity contribution in [3.05, 3.63) is 29.8 Å². The Morgan fingerprint density at radius 3 is 2.52 bits per heavy atom. The van der Waals surface area contributed by atoms with Crippen molar-refractivity contribution >= 4 is 11.6 Å². The number of rotatable bonds is 6. The summed E-state index contributed by atoms with van der Waals surface area (Å²) in [6.45, 7) is 2.50. The lowest BCUT2D eigenvalue weighted by Gasteiger charge is -2.29. The molecular formula is C17H26N2O2. The second-order valence-electron chi connectivity index (χ2n) is 5.89. The van der Waals surface area contributed by atoms with Gasteiger partial charge in [0.2, 0.25) is 0 Å². The van der Waals surface area contributed by atoms with Crippen molar-refractivity contribution in [1.82, 2.24) is 5.32 Å². The minimum Gasteiger partial charge on any atom is -0.395 e. The normalized spacial score (nSPS) is 17.2. The van der Waals surface area contributed by atoms with Crippen molar-refractivity contribution in [2.24, 2.45) is 5.92 Å². The first-order chi connectivity index (χ1) is 10.2. The van der Waals surface area contributed by atoms with Crippen LogP contribution in [-0.4, -0.2) is 30.2 Å².